The second-order valence-corrected chi connectivity index (χ2v) is 14.0. The van der Waals surface area contributed by atoms with E-state index in [1.54, 1.807) is 0 Å². The van der Waals surface area contributed by atoms with Crippen molar-refractivity contribution in [3.63, 3.8) is 0 Å². The summed E-state index contributed by atoms with van der Waals surface area (Å²) >= 11 is 0. The fourth-order valence-electron chi connectivity index (χ4n) is 8.35. The largest absolute Gasteiger partial charge is 0.455 e. The van der Waals surface area contributed by atoms with Crippen molar-refractivity contribution in [2.24, 2.45) is 0 Å². The van der Waals surface area contributed by atoms with Gasteiger partial charge in [-0.05, 0) is 47.9 Å². The molecular formula is C49H28N4O2. The first-order valence-electron chi connectivity index (χ1n) is 18.4. The van der Waals surface area contributed by atoms with Gasteiger partial charge in [0.15, 0.2) is 17.5 Å². The summed E-state index contributed by atoms with van der Waals surface area (Å²) in [5.41, 5.74) is 9.40. The van der Waals surface area contributed by atoms with Crippen LogP contribution in [0.4, 0.5) is 0 Å². The molecule has 0 fully saturated rings. The van der Waals surface area contributed by atoms with Crippen LogP contribution in [0.25, 0.3) is 116 Å². The van der Waals surface area contributed by atoms with E-state index in [9.17, 15) is 0 Å². The van der Waals surface area contributed by atoms with Crippen LogP contribution in [-0.2, 0) is 0 Å². The molecule has 0 aliphatic carbocycles. The molecule has 0 aliphatic heterocycles. The highest BCUT2D eigenvalue weighted by Crippen LogP contribution is 2.43. The Bertz CT molecular complexity index is 3430. The molecule has 0 aliphatic rings. The van der Waals surface area contributed by atoms with Gasteiger partial charge in [0.1, 0.15) is 22.3 Å². The standard InChI is InChI=1S/C49H28N4O2/c1-3-13-29(14-4-1)47-50-48(30-15-5-2-6-16-30)52-49(51-47)39-28-38-34-24-23-31(27-43(34)55-45(38)35-19-8-7-17-32(35)39)53-40-21-11-9-20-37(40)44-41(53)26-25-36-33-18-10-12-22-42(33)54-46(36)44/h1-28H. The zero-order valence-corrected chi connectivity index (χ0v) is 29.3. The molecule has 0 unspecified atom stereocenters. The predicted molar refractivity (Wildman–Crippen MR) is 223 cm³/mol. The molecule has 0 N–H and O–H groups in total. The van der Waals surface area contributed by atoms with Gasteiger partial charge < -0.3 is 13.4 Å². The highest BCUT2D eigenvalue weighted by Gasteiger charge is 2.22. The van der Waals surface area contributed by atoms with Crippen LogP contribution in [0.5, 0.6) is 0 Å². The van der Waals surface area contributed by atoms with Crippen molar-refractivity contribution in [1.29, 1.82) is 0 Å². The molecule has 4 heterocycles. The normalized spacial score (nSPS) is 12.0. The van der Waals surface area contributed by atoms with Crippen molar-refractivity contribution in [2.75, 3.05) is 0 Å². The molecule has 12 aromatic rings. The highest BCUT2D eigenvalue weighted by molar-refractivity contribution is 6.24. The third kappa shape index (κ3) is 4.46. The van der Waals surface area contributed by atoms with Gasteiger partial charge in [0.25, 0.3) is 0 Å². The number of benzene rings is 8. The van der Waals surface area contributed by atoms with Gasteiger partial charge in [0.2, 0.25) is 0 Å². The summed E-state index contributed by atoms with van der Waals surface area (Å²) in [4.78, 5) is 15.1. The number of aromatic nitrogens is 4. The Labute approximate surface area is 313 Å². The molecule has 12 rings (SSSR count). The zero-order valence-electron chi connectivity index (χ0n) is 29.3. The maximum atomic E-state index is 6.83. The Morgan fingerprint density at radius 3 is 1.69 bits per heavy atom. The lowest BCUT2D eigenvalue weighted by Crippen LogP contribution is -2.00. The average Bonchev–Trinajstić information content (AvgIpc) is 3.93. The summed E-state index contributed by atoms with van der Waals surface area (Å²) in [5, 5.41) is 8.52. The Balaban J connectivity index is 1.09. The summed E-state index contributed by atoms with van der Waals surface area (Å²) in [7, 11) is 0. The molecule has 0 saturated carbocycles. The maximum absolute atomic E-state index is 6.83. The lowest BCUT2D eigenvalue weighted by atomic mass is 9.99. The summed E-state index contributed by atoms with van der Waals surface area (Å²) < 4.78 is 15.7. The second-order valence-electron chi connectivity index (χ2n) is 14.0. The van der Waals surface area contributed by atoms with Gasteiger partial charge in [-0.15, -0.1) is 0 Å². The minimum absolute atomic E-state index is 0.610. The maximum Gasteiger partial charge on any atom is 0.164 e. The Kier molecular flexibility index (Phi) is 6.24. The molecule has 0 radical (unpaired) electrons. The number of nitrogens with zero attached hydrogens (tertiary/aromatic N) is 4. The van der Waals surface area contributed by atoms with Crippen LogP contribution >= 0.6 is 0 Å². The van der Waals surface area contributed by atoms with Crippen LogP contribution in [0, 0.1) is 0 Å². The lowest BCUT2D eigenvalue weighted by Gasteiger charge is -2.11. The van der Waals surface area contributed by atoms with Crippen molar-refractivity contribution in [3.8, 4) is 39.9 Å². The molecular weight excluding hydrogens is 677 g/mol. The fourth-order valence-corrected chi connectivity index (χ4v) is 8.35. The molecule has 256 valence electrons. The molecule has 6 heteroatoms. The van der Waals surface area contributed by atoms with Crippen LogP contribution in [-0.4, -0.2) is 19.5 Å². The number of para-hydroxylation sites is 2. The minimum atomic E-state index is 0.610. The van der Waals surface area contributed by atoms with E-state index in [-0.39, 0.29) is 0 Å². The molecule has 0 amide bonds. The van der Waals surface area contributed by atoms with Gasteiger partial charge in [-0.25, -0.2) is 15.0 Å². The van der Waals surface area contributed by atoms with E-state index < -0.39 is 0 Å². The first kappa shape index (κ1) is 29.9. The van der Waals surface area contributed by atoms with Crippen LogP contribution in [0.2, 0.25) is 0 Å². The lowest BCUT2D eigenvalue weighted by molar-refractivity contribution is 0.672. The molecule has 55 heavy (non-hydrogen) atoms. The smallest absolute Gasteiger partial charge is 0.164 e. The quantitative estimate of drug-likeness (QED) is 0.182. The summed E-state index contributed by atoms with van der Waals surface area (Å²) in [5.74, 6) is 1.86. The van der Waals surface area contributed by atoms with Crippen molar-refractivity contribution < 1.29 is 8.83 Å². The number of furan rings is 2. The van der Waals surface area contributed by atoms with Crippen molar-refractivity contribution >= 4 is 76.5 Å². The topological polar surface area (TPSA) is 69.9 Å². The van der Waals surface area contributed by atoms with E-state index >= 15 is 0 Å². The molecule has 0 atom stereocenters. The second kappa shape index (κ2) is 11.5. The van der Waals surface area contributed by atoms with Crippen LogP contribution in [0.1, 0.15) is 0 Å². The van der Waals surface area contributed by atoms with E-state index in [0.717, 1.165) is 98.8 Å². The van der Waals surface area contributed by atoms with Gasteiger partial charge in [-0.2, -0.15) is 0 Å². The number of fused-ring (bicyclic) bond motifs is 12. The van der Waals surface area contributed by atoms with Gasteiger partial charge in [-0.1, -0.05) is 121 Å². The van der Waals surface area contributed by atoms with E-state index in [1.165, 1.54) is 0 Å². The molecule has 6 nitrogen and oxygen atoms in total. The predicted octanol–water partition coefficient (Wildman–Crippen LogP) is 12.9. The van der Waals surface area contributed by atoms with E-state index in [1.807, 2.05) is 72.8 Å². The van der Waals surface area contributed by atoms with Gasteiger partial charge in [-0.3, -0.25) is 0 Å². The molecule has 0 bridgehead atoms. The first-order valence-corrected chi connectivity index (χ1v) is 18.4. The molecule has 0 saturated heterocycles. The average molecular weight is 705 g/mol. The molecule has 4 aromatic heterocycles. The van der Waals surface area contributed by atoms with Gasteiger partial charge >= 0.3 is 0 Å². The van der Waals surface area contributed by atoms with Crippen molar-refractivity contribution in [2.45, 2.75) is 0 Å². The van der Waals surface area contributed by atoms with Gasteiger partial charge in [0.05, 0.1) is 16.4 Å². The Hall–Kier alpha value is -7.57. The Morgan fingerprint density at radius 1 is 0.364 bits per heavy atom. The van der Waals surface area contributed by atoms with E-state index in [0.29, 0.717) is 17.5 Å². The summed E-state index contributed by atoms with van der Waals surface area (Å²) in [6, 6.07) is 58.4. The molecule has 0 spiro atoms. The minimum Gasteiger partial charge on any atom is -0.455 e. The number of rotatable bonds is 4. The monoisotopic (exact) mass is 704 g/mol. The van der Waals surface area contributed by atoms with Crippen LogP contribution < -0.4 is 0 Å². The van der Waals surface area contributed by atoms with E-state index in [2.05, 4.69) is 102 Å². The third-order valence-electron chi connectivity index (χ3n) is 10.8. The van der Waals surface area contributed by atoms with Crippen LogP contribution in [0.3, 0.4) is 0 Å². The fraction of sp³-hybridized carbons (Fsp3) is 0. The zero-order chi connectivity index (χ0) is 36.0. The number of hydrogen-bond acceptors (Lipinski definition) is 5. The third-order valence-corrected chi connectivity index (χ3v) is 10.8. The highest BCUT2D eigenvalue weighted by atomic mass is 16.3. The van der Waals surface area contributed by atoms with Crippen LogP contribution in [0.15, 0.2) is 179 Å². The van der Waals surface area contributed by atoms with E-state index in [4.69, 9.17) is 23.8 Å². The van der Waals surface area contributed by atoms with Crippen molar-refractivity contribution in [3.05, 3.63) is 170 Å². The first-order chi connectivity index (χ1) is 27.3. The summed E-state index contributed by atoms with van der Waals surface area (Å²) in [6.45, 7) is 0. The molecule has 8 aromatic carbocycles. The summed E-state index contributed by atoms with van der Waals surface area (Å²) in [6.07, 6.45) is 0. The SMILES string of the molecule is c1ccc(-c2nc(-c3ccccc3)nc(-c3cc4c5ccc(-n6c7ccccc7c7c8oc9ccccc9c8ccc76)cc5oc4c4ccccc34)n2)cc1. The number of hydrogen-bond donors (Lipinski definition) is 0. The Morgan fingerprint density at radius 2 is 0.927 bits per heavy atom. The van der Waals surface area contributed by atoms with Gasteiger partial charge in [0, 0.05) is 60.8 Å². The van der Waals surface area contributed by atoms with Crippen molar-refractivity contribution in [1.82, 2.24) is 19.5 Å².